The van der Waals surface area contributed by atoms with Crippen molar-refractivity contribution < 1.29 is 13.9 Å². The topological polar surface area (TPSA) is 71.9 Å². The number of benzene rings is 1. The Morgan fingerprint density at radius 2 is 2.04 bits per heavy atom. The van der Waals surface area contributed by atoms with Crippen molar-refractivity contribution in [3.8, 4) is 5.75 Å². The number of ether oxygens (including phenoxy) is 1. The van der Waals surface area contributed by atoms with Crippen LogP contribution in [0.4, 0.5) is 0 Å². The van der Waals surface area contributed by atoms with Crippen LogP contribution in [0, 0.1) is 0 Å². The number of carbonyl (C=O) groups is 1. The van der Waals surface area contributed by atoms with Crippen LogP contribution in [0.25, 0.3) is 0 Å². The van der Waals surface area contributed by atoms with E-state index >= 15 is 0 Å². The van der Waals surface area contributed by atoms with Crippen molar-refractivity contribution in [2.24, 2.45) is 5.73 Å². The summed E-state index contributed by atoms with van der Waals surface area (Å²) in [6, 6.07) is 7.34. The highest BCUT2D eigenvalue weighted by Crippen LogP contribution is 2.24. The first-order chi connectivity index (χ1) is 12.1. The van der Waals surface area contributed by atoms with Crippen LogP contribution < -0.4 is 10.5 Å². The van der Waals surface area contributed by atoms with Crippen molar-refractivity contribution in [3.05, 3.63) is 52.4 Å². The van der Waals surface area contributed by atoms with Crippen LogP contribution in [-0.4, -0.2) is 49.0 Å². The molecule has 7 heteroatoms. The fourth-order valence-electron chi connectivity index (χ4n) is 3.00. The van der Waals surface area contributed by atoms with Gasteiger partial charge in [0.15, 0.2) is 0 Å². The van der Waals surface area contributed by atoms with Gasteiger partial charge in [0, 0.05) is 43.3 Å². The average Bonchev–Trinajstić information content (AvgIpc) is 3.11. The van der Waals surface area contributed by atoms with Crippen LogP contribution in [-0.2, 0) is 13.1 Å². The van der Waals surface area contributed by atoms with Crippen molar-refractivity contribution in [2.75, 3.05) is 33.3 Å². The molecule has 1 saturated heterocycles. The van der Waals surface area contributed by atoms with Crippen molar-refractivity contribution in [1.29, 1.82) is 0 Å². The number of nitrogens with zero attached hydrogens (tertiary/aromatic N) is 2. The van der Waals surface area contributed by atoms with E-state index in [0.29, 0.717) is 36.0 Å². The van der Waals surface area contributed by atoms with Crippen LogP contribution in [0.15, 0.2) is 34.9 Å². The second-order valence-electron chi connectivity index (χ2n) is 6.03. The number of rotatable bonds is 5. The smallest absolute Gasteiger partial charge is 0.257 e. The predicted octanol–water partition coefficient (Wildman–Crippen LogP) is 2.36. The summed E-state index contributed by atoms with van der Waals surface area (Å²) < 4.78 is 10.7. The van der Waals surface area contributed by atoms with Gasteiger partial charge < -0.3 is 19.8 Å². The zero-order valence-electron chi connectivity index (χ0n) is 14.2. The first-order valence-corrected chi connectivity index (χ1v) is 8.60. The summed E-state index contributed by atoms with van der Waals surface area (Å²) in [5.41, 5.74) is 7.14. The zero-order valence-corrected chi connectivity index (χ0v) is 15.0. The Balaban J connectivity index is 1.58. The molecule has 2 heterocycles. The first kappa shape index (κ1) is 17.8. The molecule has 0 radical (unpaired) electrons. The quantitative estimate of drug-likeness (QED) is 0.882. The lowest BCUT2D eigenvalue weighted by Crippen LogP contribution is -2.48. The lowest BCUT2D eigenvalue weighted by molar-refractivity contribution is 0.0627. The minimum atomic E-state index is -0.0107. The van der Waals surface area contributed by atoms with Gasteiger partial charge in [-0.25, -0.2) is 0 Å². The SMILES string of the molecule is COc1ccc(Cl)cc1CN1CCN(C(=O)c2coc(CN)c2)CC1. The van der Waals surface area contributed by atoms with Gasteiger partial charge in [0.25, 0.3) is 5.91 Å². The molecule has 1 aliphatic rings. The largest absolute Gasteiger partial charge is 0.496 e. The Morgan fingerprint density at radius 3 is 2.68 bits per heavy atom. The highest BCUT2D eigenvalue weighted by atomic mass is 35.5. The molecule has 0 aliphatic carbocycles. The van der Waals surface area contributed by atoms with E-state index in [9.17, 15) is 4.79 Å². The maximum Gasteiger partial charge on any atom is 0.257 e. The van der Waals surface area contributed by atoms with Gasteiger partial charge in [-0.3, -0.25) is 9.69 Å². The molecule has 0 saturated carbocycles. The first-order valence-electron chi connectivity index (χ1n) is 8.22. The highest BCUT2D eigenvalue weighted by molar-refractivity contribution is 6.30. The molecule has 134 valence electrons. The molecule has 25 heavy (non-hydrogen) atoms. The maximum absolute atomic E-state index is 12.5. The van der Waals surface area contributed by atoms with Crippen LogP contribution in [0.3, 0.4) is 0 Å². The number of carbonyl (C=O) groups excluding carboxylic acids is 1. The monoisotopic (exact) mass is 363 g/mol. The summed E-state index contributed by atoms with van der Waals surface area (Å²) in [7, 11) is 1.66. The lowest BCUT2D eigenvalue weighted by atomic mass is 10.1. The molecule has 0 unspecified atom stereocenters. The summed E-state index contributed by atoms with van der Waals surface area (Å²) in [6.07, 6.45) is 1.48. The molecular weight excluding hydrogens is 342 g/mol. The predicted molar refractivity (Wildman–Crippen MR) is 95.8 cm³/mol. The Morgan fingerprint density at radius 1 is 1.28 bits per heavy atom. The summed E-state index contributed by atoms with van der Waals surface area (Å²) in [6.45, 7) is 3.97. The van der Waals surface area contributed by atoms with E-state index in [1.807, 2.05) is 23.1 Å². The Labute approximate surface area is 152 Å². The Kier molecular flexibility index (Phi) is 5.63. The van der Waals surface area contributed by atoms with Gasteiger partial charge in [-0.05, 0) is 24.3 Å². The van der Waals surface area contributed by atoms with E-state index in [0.717, 1.165) is 30.9 Å². The molecule has 1 aliphatic heterocycles. The van der Waals surface area contributed by atoms with Gasteiger partial charge in [0.1, 0.15) is 17.8 Å². The fourth-order valence-corrected chi connectivity index (χ4v) is 3.20. The minimum Gasteiger partial charge on any atom is -0.496 e. The van der Waals surface area contributed by atoms with Gasteiger partial charge >= 0.3 is 0 Å². The number of hydrogen-bond acceptors (Lipinski definition) is 5. The zero-order chi connectivity index (χ0) is 17.8. The van der Waals surface area contributed by atoms with E-state index in [1.54, 1.807) is 13.2 Å². The van der Waals surface area contributed by atoms with E-state index in [1.165, 1.54) is 6.26 Å². The molecule has 0 atom stereocenters. The molecule has 2 aromatic rings. The third kappa shape index (κ3) is 4.15. The highest BCUT2D eigenvalue weighted by Gasteiger charge is 2.24. The summed E-state index contributed by atoms with van der Waals surface area (Å²) in [4.78, 5) is 16.6. The number of halogens is 1. The van der Waals surface area contributed by atoms with Crippen molar-refractivity contribution in [1.82, 2.24) is 9.80 Å². The fraction of sp³-hybridized carbons (Fsp3) is 0.389. The Hall–Kier alpha value is -2.02. The lowest BCUT2D eigenvalue weighted by Gasteiger charge is -2.34. The summed E-state index contributed by atoms with van der Waals surface area (Å²) in [5, 5.41) is 0.695. The minimum absolute atomic E-state index is 0.0107. The summed E-state index contributed by atoms with van der Waals surface area (Å²) >= 11 is 6.09. The Bertz CT molecular complexity index is 739. The number of hydrogen-bond donors (Lipinski definition) is 1. The molecule has 0 bridgehead atoms. The van der Waals surface area contributed by atoms with Gasteiger partial charge in [-0.2, -0.15) is 0 Å². The third-order valence-electron chi connectivity index (χ3n) is 4.40. The number of nitrogens with two attached hydrogens (primary N) is 1. The molecule has 3 rings (SSSR count). The van der Waals surface area contributed by atoms with Crippen molar-refractivity contribution in [3.63, 3.8) is 0 Å². The molecule has 2 N–H and O–H groups in total. The standard InChI is InChI=1S/C18H22ClN3O3/c1-24-17-3-2-15(19)8-13(17)11-21-4-6-22(7-5-21)18(23)14-9-16(10-20)25-12-14/h2-3,8-9,12H,4-7,10-11,20H2,1H3. The number of piperazine rings is 1. The third-order valence-corrected chi connectivity index (χ3v) is 4.63. The van der Waals surface area contributed by atoms with Gasteiger partial charge in [0.05, 0.1) is 19.2 Å². The van der Waals surface area contributed by atoms with Crippen molar-refractivity contribution in [2.45, 2.75) is 13.1 Å². The van der Waals surface area contributed by atoms with Gasteiger partial charge in [0.2, 0.25) is 0 Å². The molecule has 1 amide bonds. The van der Waals surface area contributed by atoms with E-state index in [4.69, 9.17) is 26.5 Å². The van der Waals surface area contributed by atoms with Crippen LogP contribution in [0.5, 0.6) is 5.75 Å². The molecule has 1 aromatic heterocycles. The second-order valence-corrected chi connectivity index (χ2v) is 6.47. The number of furan rings is 1. The second kappa shape index (κ2) is 7.91. The van der Waals surface area contributed by atoms with E-state index in [2.05, 4.69) is 4.90 Å². The normalized spacial score (nSPS) is 15.4. The number of amides is 1. The molecule has 1 fully saturated rings. The van der Waals surface area contributed by atoms with E-state index in [-0.39, 0.29) is 5.91 Å². The molecular formula is C18H22ClN3O3. The maximum atomic E-state index is 12.5. The summed E-state index contributed by atoms with van der Waals surface area (Å²) in [5.74, 6) is 1.44. The van der Waals surface area contributed by atoms with Gasteiger partial charge in [-0.15, -0.1) is 0 Å². The number of methoxy groups -OCH3 is 1. The van der Waals surface area contributed by atoms with E-state index < -0.39 is 0 Å². The van der Waals surface area contributed by atoms with Crippen LogP contribution >= 0.6 is 11.6 Å². The van der Waals surface area contributed by atoms with Crippen molar-refractivity contribution >= 4 is 17.5 Å². The van der Waals surface area contributed by atoms with Crippen LogP contribution in [0.1, 0.15) is 21.7 Å². The van der Waals surface area contributed by atoms with Crippen LogP contribution in [0.2, 0.25) is 5.02 Å². The molecule has 1 aromatic carbocycles. The molecule has 0 spiro atoms. The average molecular weight is 364 g/mol. The van der Waals surface area contributed by atoms with Gasteiger partial charge in [-0.1, -0.05) is 11.6 Å². The molecule has 6 nitrogen and oxygen atoms in total.